The second kappa shape index (κ2) is 2.77. The molecule has 0 bridgehead atoms. The molecule has 0 radical (unpaired) electrons. The van der Waals surface area contributed by atoms with E-state index in [4.69, 9.17) is 0 Å². The molecular formula is C7H10N2OS. The van der Waals surface area contributed by atoms with Crippen LogP contribution in [0, 0.1) is 0 Å². The summed E-state index contributed by atoms with van der Waals surface area (Å²) in [5, 5.41) is 7.32. The molecule has 0 fully saturated rings. The summed E-state index contributed by atoms with van der Waals surface area (Å²) in [4.78, 5) is 10.9. The molecule has 4 heteroatoms. The second-order valence-electron chi connectivity index (χ2n) is 2.67. The van der Waals surface area contributed by atoms with E-state index in [-0.39, 0.29) is 5.91 Å². The van der Waals surface area contributed by atoms with Crippen LogP contribution in [0.3, 0.4) is 0 Å². The van der Waals surface area contributed by atoms with E-state index in [2.05, 4.69) is 10.6 Å². The van der Waals surface area contributed by atoms with Crippen LogP contribution in [-0.2, 0) is 4.79 Å². The summed E-state index contributed by atoms with van der Waals surface area (Å²) in [6.07, 6.45) is 2.14. The Bertz CT molecular complexity index is 224. The fourth-order valence-corrected chi connectivity index (χ4v) is 2.17. The minimum absolute atomic E-state index is 0.137. The van der Waals surface area contributed by atoms with Gasteiger partial charge in [-0.15, -0.1) is 0 Å². The van der Waals surface area contributed by atoms with Crippen LogP contribution in [0.1, 0.15) is 12.8 Å². The van der Waals surface area contributed by atoms with Gasteiger partial charge < -0.3 is 10.6 Å². The first-order chi connectivity index (χ1) is 5.36. The smallest absolute Gasteiger partial charge is 0.234 e. The maximum absolute atomic E-state index is 10.9. The molecule has 0 saturated heterocycles. The van der Waals surface area contributed by atoms with Gasteiger partial charge in [0, 0.05) is 12.2 Å². The van der Waals surface area contributed by atoms with Gasteiger partial charge >= 0.3 is 0 Å². The highest BCUT2D eigenvalue weighted by Crippen LogP contribution is 2.25. The number of amides is 1. The molecule has 0 aromatic rings. The van der Waals surface area contributed by atoms with E-state index in [0.717, 1.165) is 25.1 Å². The zero-order valence-corrected chi connectivity index (χ0v) is 6.96. The topological polar surface area (TPSA) is 41.1 Å². The standard InChI is InChI=1S/C7H10N2OS/c10-6-4-11-7-5(9-6)2-1-3-8-7/h8H,1-4H2,(H,9,10). The van der Waals surface area contributed by atoms with Crippen LogP contribution in [0.25, 0.3) is 0 Å². The molecule has 0 saturated carbocycles. The Morgan fingerprint density at radius 3 is 3.27 bits per heavy atom. The van der Waals surface area contributed by atoms with E-state index in [1.54, 1.807) is 11.8 Å². The first-order valence-corrected chi connectivity index (χ1v) is 4.74. The molecule has 60 valence electrons. The lowest BCUT2D eigenvalue weighted by Crippen LogP contribution is -2.35. The Kier molecular flexibility index (Phi) is 1.77. The Morgan fingerprint density at radius 1 is 1.45 bits per heavy atom. The van der Waals surface area contributed by atoms with Gasteiger partial charge in [-0.2, -0.15) is 0 Å². The zero-order valence-electron chi connectivity index (χ0n) is 6.14. The van der Waals surface area contributed by atoms with Crippen molar-refractivity contribution in [1.82, 2.24) is 10.6 Å². The summed E-state index contributed by atoms with van der Waals surface area (Å²) >= 11 is 1.61. The van der Waals surface area contributed by atoms with Crippen LogP contribution in [0.15, 0.2) is 10.7 Å². The molecule has 2 heterocycles. The van der Waals surface area contributed by atoms with Crippen molar-refractivity contribution in [3.63, 3.8) is 0 Å². The number of carbonyl (C=O) groups excluding carboxylic acids is 1. The average Bonchev–Trinajstić information content (AvgIpc) is 2.04. The Balaban J connectivity index is 2.18. The van der Waals surface area contributed by atoms with Crippen LogP contribution in [0.4, 0.5) is 0 Å². The molecule has 2 rings (SSSR count). The number of nitrogens with one attached hydrogen (secondary N) is 2. The molecule has 1 amide bonds. The highest BCUT2D eigenvalue weighted by Gasteiger charge is 2.20. The van der Waals surface area contributed by atoms with Crippen LogP contribution in [0.2, 0.25) is 0 Å². The number of allylic oxidation sites excluding steroid dienone is 1. The molecule has 0 unspecified atom stereocenters. The number of thioether (sulfide) groups is 1. The van der Waals surface area contributed by atoms with Crippen molar-refractivity contribution in [1.29, 1.82) is 0 Å². The fraction of sp³-hybridized carbons (Fsp3) is 0.571. The Labute approximate surface area is 69.6 Å². The fourth-order valence-electron chi connectivity index (χ4n) is 1.29. The molecule has 2 N–H and O–H groups in total. The number of hydrogen-bond donors (Lipinski definition) is 2. The first-order valence-electron chi connectivity index (χ1n) is 3.76. The van der Waals surface area contributed by atoms with E-state index in [0.29, 0.717) is 5.75 Å². The van der Waals surface area contributed by atoms with Crippen LogP contribution >= 0.6 is 11.8 Å². The molecule has 2 aliphatic heterocycles. The van der Waals surface area contributed by atoms with Gasteiger partial charge in [0.05, 0.1) is 10.8 Å². The van der Waals surface area contributed by atoms with E-state index in [9.17, 15) is 4.79 Å². The molecule has 11 heavy (non-hydrogen) atoms. The monoisotopic (exact) mass is 170 g/mol. The molecule has 0 spiro atoms. The Morgan fingerprint density at radius 2 is 2.36 bits per heavy atom. The van der Waals surface area contributed by atoms with Crippen molar-refractivity contribution in [3.8, 4) is 0 Å². The van der Waals surface area contributed by atoms with Gasteiger partial charge in [0.15, 0.2) is 0 Å². The van der Waals surface area contributed by atoms with Crippen molar-refractivity contribution < 1.29 is 4.79 Å². The van der Waals surface area contributed by atoms with Crippen molar-refractivity contribution in [2.75, 3.05) is 12.3 Å². The van der Waals surface area contributed by atoms with E-state index < -0.39 is 0 Å². The SMILES string of the molecule is O=C1CSC2=C(CCCN2)N1. The predicted octanol–water partition coefficient (Wildman–Crippen LogP) is 0.402. The van der Waals surface area contributed by atoms with Crippen LogP contribution < -0.4 is 10.6 Å². The minimum atomic E-state index is 0.137. The van der Waals surface area contributed by atoms with Gasteiger partial charge in [-0.1, -0.05) is 11.8 Å². The second-order valence-corrected chi connectivity index (χ2v) is 3.66. The van der Waals surface area contributed by atoms with E-state index in [1.807, 2.05) is 0 Å². The summed E-state index contributed by atoms with van der Waals surface area (Å²) in [7, 11) is 0. The van der Waals surface area contributed by atoms with E-state index >= 15 is 0 Å². The average molecular weight is 170 g/mol. The maximum atomic E-state index is 10.9. The first kappa shape index (κ1) is 7.03. The highest BCUT2D eigenvalue weighted by molar-refractivity contribution is 8.03. The quantitative estimate of drug-likeness (QED) is 0.553. The molecule has 3 nitrogen and oxygen atoms in total. The lowest BCUT2D eigenvalue weighted by Gasteiger charge is -2.25. The summed E-state index contributed by atoms with van der Waals surface area (Å²) < 4.78 is 0. The van der Waals surface area contributed by atoms with Gasteiger partial charge in [0.1, 0.15) is 0 Å². The molecule has 0 aliphatic carbocycles. The van der Waals surface area contributed by atoms with Gasteiger partial charge in [-0.05, 0) is 12.8 Å². The van der Waals surface area contributed by atoms with Gasteiger partial charge in [-0.25, -0.2) is 0 Å². The third-order valence-corrected chi connectivity index (χ3v) is 2.89. The molecular weight excluding hydrogens is 160 g/mol. The van der Waals surface area contributed by atoms with Gasteiger partial charge in [0.25, 0.3) is 0 Å². The van der Waals surface area contributed by atoms with Gasteiger partial charge in [0.2, 0.25) is 5.91 Å². The molecule has 0 aromatic carbocycles. The summed E-state index contributed by atoms with van der Waals surface area (Å²) in [6.45, 7) is 1.04. The van der Waals surface area contributed by atoms with Crippen molar-refractivity contribution in [2.45, 2.75) is 12.8 Å². The molecule has 0 atom stereocenters. The lowest BCUT2D eigenvalue weighted by atomic mass is 10.2. The van der Waals surface area contributed by atoms with Crippen molar-refractivity contribution in [2.24, 2.45) is 0 Å². The Hall–Kier alpha value is -0.640. The van der Waals surface area contributed by atoms with Crippen molar-refractivity contribution in [3.05, 3.63) is 10.7 Å². The normalized spacial score (nSPS) is 23.8. The number of hydrogen-bond acceptors (Lipinski definition) is 3. The van der Waals surface area contributed by atoms with Crippen LogP contribution in [-0.4, -0.2) is 18.2 Å². The van der Waals surface area contributed by atoms with Crippen LogP contribution in [0.5, 0.6) is 0 Å². The maximum Gasteiger partial charge on any atom is 0.234 e. The zero-order chi connectivity index (χ0) is 7.68. The minimum Gasteiger partial charge on any atom is -0.378 e. The van der Waals surface area contributed by atoms with E-state index in [1.165, 1.54) is 5.03 Å². The predicted molar refractivity (Wildman–Crippen MR) is 44.9 cm³/mol. The largest absolute Gasteiger partial charge is 0.378 e. The summed E-state index contributed by atoms with van der Waals surface area (Å²) in [5.74, 6) is 0.698. The third kappa shape index (κ3) is 1.35. The summed E-state index contributed by atoms with van der Waals surface area (Å²) in [6, 6.07) is 0. The van der Waals surface area contributed by atoms with Gasteiger partial charge in [-0.3, -0.25) is 4.79 Å². The molecule has 0 aromatic heterocycles. The van der Waals surface area contributed by atoms with Crippen molar-refractivity contribution >= 4 is 17.7 Å². The number of rotatable bonds is 0. The highest BCUT2D eigenvalue weighted by atomic mass is 32.2. The third-order valence-electron chi connectivity index (χ3n) is 1.80. The lowest BCUT2D eigenvalue weighted by molar-refractivity contribution is -0.118. The molecule has 2 aliphatic rings. The summed E-state index contributed by atoms with van der Waals surface area (Å²) in [5.41, 5.74) is 1.09. The number of carbonyl (C=O) groups is 1.